The number of unbranched alkanes of at least 4 members (excludes halogenated alkanes) is 1. The number of fused-ring (bicyclic) bond motifs is 1. The summed E-state index contributed by atoms with van der Waals surface area (Å²) in [6, 6.07) is 9.78. The number of esters is 1. The highest BCUT2D eigenvalue weighted by molar-refractivity contribution is 7.89. The van der Waals surface area contributed by atoms with Crippen molar-refractivity contribution in [3.63, 3.8) is 0 Å². The van der Waals surface area contributed by atoms with E-state index in [-0.39, 0.29) is 43.3 Å². The summed E-state index contributed by atoms with van der Waals surface area (Å²) in [7, 11) is -2.04. The van der Waals surface area contributed by atoms with Crippen LogP contribution in [0.4, 0.5) is 4.39 Å². The SMILES string of the molecule is CCCCS(=O)(=O)N(CCC)CCN1C[C@H](c2ccc3c(c2)OCO3)[C@@H](C(=O)OCC)[C@@H]1c1ccc(OC)c(F)c1. The summed E-state index contributed by atoms with van der Waals surface area (Å²) in [4.78, 5) is 15.7. The molecule has 41 heavy (non-hydrogen) atoms. The molecule has 0 N–H and O–H groups in total. The van der Waals surface area contributed by atoms with E-state index in [2.05, 4.69) is 4.90 Å². The largest absolute Gasteiger partial charge is 0.494 e. The molecule has 3 atom stereocenters. The van der Waals surface area contributed by atoms with Crippen molar-refractivity contribution in [2.45, 2.75) is 52.0 Å². The molecule has 4 rings (SSSR count). The third-order valence-electron chi connectivity index (χ3n) is 7.76. The molecule has 2 aromatic carbocycles. The van der Waals surface area contributed by atoms with Crippen LogP contribution >= 0.6 is 0 Å². The molecule has 2 aliphatic heterocycles. The standard InChI is InChI=1S/C30H41FN2O7S/c1-5-8-16-41(35,36)33(13-6-2)15-14-32-19-23(21-9-12-26-27(18-21)40-20-39-26)28(30(34)38-7-3)29(32)22-10-11-25(37-4)24(31)17-22/h9-12,17-18,23,28-29H,5-8,13-16,19-20H2,1-4H3/t23-,28-,29+/m1/s1. The van der Waals surface area contributed by atoms with Gasteiger partial charge >= 0.3 is 5.97 Å². The van der Waals surface area contributed by atoms with Crippen molar-refractivity contribution in [1.82, 2.24) is 9.21 Å². The van der Waals surface area contributed by atoms with Gasteiger partial charge in [0.1, 0.15) is 0 Å². The molecular formula is C30H41FN2O7S. The van der Waals surface area contributed by atoms with E-state index in [4.69, 9.17) is 18.9 Å². The first-order valence-electron chi connectivity index (χ1n) is 14.3. The van der Waals surface area contributed by atoms with Crippen LogP contribution in [-0.4, -0.2) is 76.0 Å². The van der Waals surface area contributed by atoms with Gasteiger partial charge in [-0.05, 0) is 55.2 Å². The molecule has 0 unspecified atom stereocenters. The quantitative estimate of drug-likeness (QED) is 0.291. The number of sulfonamides is 1. The summed E-state index contributed by atoms with van der Waals surface area (Å²) in [6.45, 7) is 7.48. The van der Waals surface area contributed by atoms with Gasteiger partial charge in [-0.25, -0.2) is 17.1 Å². The summed E-state index contributed by atoms with van der Waals surface area (Å²) >= 11 is 0. The number of ether oxygens (including phenoxy) is 4. The zero-order chi connectivity index (χ0) is 29.6. The predicted octanol–water partition coefficient (Wildman–Crippen LogP) is 4.72. The fourth-order valence-corrected chi connectivity index (χ4v) is 7.50. The number of rotatable bonds is 14. The molecule has 0 amide bonds. The number of nitrogens with zero attached hydrogens (tertiary/aromatic N) is 2. The Morgan fingerprint density at radius 1 is 1.05 bits per heavy atom. The highest BCUT2D eigenvalue weighted by Gasteiger charge is 2.48. The van der Waals surface area contributed by atoms with Gasteiger partial charge in [-0.15, -0.1) is 0 Å². The number of halogens is 1. The molecule has 0 radical (unpaired) electrons. The number of hydrogen-bond acceptors (Lipinski definition) is 8. The molecule has 11 heteroatoms. The van der Waals surface area contributed by atoms with Crippen LogP contribution in [0.2, 0.25) is 0 Å². The van der Waals surface area contributed by atoms with Crippen molar-refractivity contribution in [2.24, 2.45) is 5.92 Å². The van der Waals surface area contributed by atoms with E-state index in [1.807, 2.05) is 32.0 Å². The van der Waals surface area contributed by atoms with Crippen LogP contribution in [0.1, 0.15) is 63.1 Å². The molecule has 0 saturated carbocycles. The smallest absolute Gasteiger partial charge is 0.311 e. The average Bonchev–Trinajstić information content (AvgIpc) is 3.58. The van der Waals surface area contributed by atoms with Crippen LogP contribution in [0.5, 0.6) is 17.2 Å². The first-order chi connectivity index (χ1) is 19.7. The Labute approximate surface area is 242 Å². The second-order valence-corrected chi connectivity index (χ2v) is 12.5. The monoisotopic (exact) mass is 592 g/mol. The lowest BCUT2D eigenvalue weighted by atomic mass is 9.82. The zero-order valence-corrected chi connectivity index (χ0v) is 25.1. The lowest BCUT2D eigenvalue weighted by Gasteiger charge is -2.30. The Balaban J connectivity index is 1.73. The summed E-state index contributed by atoms with van der Waals surface area (Å²) in [5.41, 5.74) is 1.47. The summed E-state index contributed by atoms with van der Waals surface area (Å²) in [6.07, 6.45) is 2.07. The lowest BCUT2D eigenvalue weighted by Crippen LogP contribution is -2.40. The van der Waals surface area contributed by atoms with E-state index in [0.29, 0.717) is 49.5 Å². The Bertz CT molecular complexity index is 1310. The van der Waals surface area contributed by atoms with Gasteiger partial charge in [0.15, 0.2) is 23.1 Å². The van der Waals surface area contributed by atoms with Gasteiger partial charge in [0, 0.05) is 38.1 Å². The maximum absolute atomic E-state index is 15.0. The number of methoxy groups -OCH3 is 1. The van der Waals surface area contributed by atoms with Crippen molar-refractivity contribution in [3.8, 4) is 17.2 Å². The van der Waals surface area contributed by atoms with E-state index in [1.165, 1.54) is 13.2 Å². The van der Waals surface area contributed by atoms with Gasteiger partial charge < -0.3 is 18.9 Å². The van der Waals surface area contributed by atoms with Crippen molar-refractivity contribution in [2.75, 3.05) is 52.4 Å². The van der Waals surface area contributed by atoms with E-state index >= 15 is 0 Å². The molecule has 1 fully saturated rings. The van der Waals surface area contributed by atoms with Gasteiger partial charge in [0.05, 0.1) is 25.4 Å². The maximum atomic E-state index is 15.0. The minimum absolute atomic E-state index is 0.0991. The summed E-state index contributed by atoms with van der Waals surface area (Å²) in [5.74, 6) is -0.455. The van der Waals surface area contributed by atoms with Crippen LogP contribution in [-0.2, 0) is 19.6 Å². The molecule has 0 aromatic heterocycles. The summed E-state index contributed by atoms with van der Waals surface area (Å²) < 4.78 is 64.6. The van der Waals surface area contributed by atoms with Gasteiger partial charge in [0.2, 0.25) is 16.8 Å². The topological polar surface area (TPSA) is 94.6 Å². The van der Waals surface area contributed by atoms with E-state index in [0.717, 1.165) is 12.0 Å². The predicted molar refractivity (Wildman–Crippen MR) is 153 cm³/mol. The first-order valence-corrected chi connectivity index (χ1v) is 16.0. The van der Waals surface area contributed by atoms with Crippen molar-refractivity contribution >= 4 is 16.0 Å². The Morgan fingerprint density at radius 2 is 1.80 bits per heavy atom. The number of benzene rings is 2. The number of hydrogen-bond donors (Lipinski definition) is 0. The van der Waals surface area contributed by atoms with Crippen molar-refractivity contribution < 1.29 is 36.6 Å². The summed E-state index contributed by atoms with van der Waals surface area (Å²) in [5, 5.41) is 0. The van der Waals surface area contributed by atoms with Gasteiger partial charge in [-0.1, -0.05) is 32.4 Å². The van der Waals surface area contributed by atoms with Crippen molar-refractivity contribution in [1.29, 1.82) is 0 Å². The van der Waals surface area contributed by atoms with Crippen LogP contribution in [0, 0.1) is 11.7 Å². The second-order valence-electron chi connectivity index (χ2n) is 10.4. The minimum atomic E-state index is -3.44. The number of carbonyl (C=O) groups excluding carboxylic acids is 1. The molecular weight excluding hydrogens is 551 g/mol. The molecule has 0 spiro atoms. The zero-order valence-electron chi connectivity index (χ0n) is 24.3. The van der Waals surface area contributed by atoms with Gasteiger partial charge in [-0.2, -0.15) is 0 Å². The van der Waals surface area contributed by atoms with Crippen LogP contribution in [0.15, 0.2) is 36.4 Å². The molecule has 9 nitrogen and oxygen atoms in total. The third kappa shape index (κ3) is 6.95. The molecule has 0 aliphatic carbocycles. The van der Waals surface area contributed by atoms with E-state index in [9.17, 15) is 17.6 Å². The van der Waals surface area contributed by atoms with Crippen LogP contribution < -0.4 is 14.2 Å². The number of carbonyl (C=O) groups is 1. The Morgan fingerprint density at radius 3 is 2.49 bits per heavy atom. The molecule has 0 bridgehead atoms. The Hall–Kier alpha value is -2.89. The fraction of sp³-hybridized carbons (Fsp3) is 0.567. The van der Waals surface area contributed by atoms with Gasteiger partial charge in [-0.3, -0.25) is 9.69 Å². The molecule has 2 heterocycles. The molecule has 2 aliphatic rings. The van der Waals surface area contributed by atoms with Crippen LogP contribution in [0.3, 0.4) is 0 Å². The third-order valence-corrected chi connectivity index (χ3v) is 9.71. The van der Waals surface area contributed by atoms with Crippen LogP contribution in [0.25, 0.3) is 0 Å². The van der Waals surface area contributed by atoms with E-state index in [1.54, 1.807) is 23.4 Å². The molecule has 226 valence electrons. The molecule has 2 aromatic rings. The average molecular weight is 593 g/mol. The van der Waals surface area contributed by atoms with E-state index < -0.39 is 27.8 Å². The lowest BCUT2D eigenvalue weighted by molar-refractivity contribution is -0.149. The molecule has 1 saturated heterocycles. The highest BCUT2D eigenvalue weighted by Crippen LogP contribution is 2.48. The first kappa shape index (κ1) is 31.1. The van der Waals surface area contributed by atoms with Gasteiger partial charge in [0.25, 0.3) is 0 Å². The minimum Gasteiger partial charge on any atom is -0.494 e. The number of likely N-dealkylation sites (tertiary alicyclic amines) is 1. The normalized spacial score (nSPS) is 20.5. The Kier molecular flexibility index (Phi) is 10.5. The second kappa shape index (κ2) is 13.8. The highest BCUT2D eigenvalue weighted by atomic mass is 32.2. The van der Waals surface area contributed by atoms with Crippen molar-refractivity contribution in [3.05, 3.63) is 53.3 Å². The maximum Gasteiger partial charge on any atom is 0.311 e. The fourth-order valence-electron chi connectivity index (χ4n) is 5.77.